The Labute approximate surface area is 52.0 Å². The van der Waals surface area contributed by atoms with Crippen LogP contribution in [0.15, 0.2) is 24.8 Å². The second kappa shape index (κ2) is 1.55. The maximum absolute atomic E-state index is 3.96. The van der Waals surface area contributed by atoms with Crippen LogP contribution in [0.25, 0.3) is 5.65 Å². The predicted octanol–water partition coefficient (Wildman–Crippen LogP) is 0.529. The van der Waals surface area contributed by atoms with Crippen molar-refractivity contribution in [3.63, 3.8) is 0 Å². The highest BCUT2D eigenvalue weighted by atomic mass is 15.0. The van der Waals surface area contributed by atoms with Gasteiger partial charge in [-0.05, 0) is 0 Å². The van der Waals surface area contributed by atoms with Crippen LogP contribution >= 0.6 is 0 Å². The van der Waals surface area contributed by atoms with Gasteiger partial charge in [-0.25, -0.2) is 4.98 Å². The number of hydrogen-bond acceptors (Lipinski definition) is 2. The topological polar surface area (TPSA) is 30.2 Å². The molecule has 0 spiro atoms. The summed E-state index contributed by atoms with van der Waals surface area (Å²) in [6.45, 7) is 0. The van der Waals surface area contributed by atoms with E-state index in [1.54, 1.807) is 23.0 Å². The number of imidazole rings is 1. The minimum atomic E-state index is 0.831. The van der Waals surface area contributed by atoms with Crippen LogP contribution in [-0.4, -0.2) is 14.4 Å². The van der Waals surface area contributed by atoms with E-state index < -0.39 is 0 Å². The van der Waals surface area contributed by atoms with Gasteiger partial charge in [0, 0.05) is 12.4 Å². The Hall–Kier alpha value is -1.38. The van der Waals surface area contributed by atoms with Gasteiger partial charge < -0.3 is 0 Å². The van der Waals surface area contributed by atoms with Crippen molar-refractivity contribution in [2.45, 2.75) is 0 Å². The third-order valence-electron chi connectivity index (χ3n) is 1.13. The van der Waals surface area contributed by atoms with Crippen LogP contribution < -0.4 is 0 Å². The van der Waals surface area contributed by atoms with E-state index in [-0.39, 0.29) is 0 Å². The Bertz CT molecular complexity index is 282. The molecule has 0 N–H and O–H groups in total. The number of fused-ring (bicyclic) bond motifs is 1. The van der Waals surface area contributed by atoms with Crippen LogP contribution in [0.3, 0.4) is 0 Å². The molecule has 0 aliphatic heterocycles. The summed E-state index contributed by atoms with van der Waals surface area (Å²) < 4.78 is 1.78. The largest absolute Gasteiger partial charge is 0.295 e. The molecule has 0 aliphatic rings. The average Bonchev–Trinajstić information content (AvgIpc) is 2.33. The highest BCUT2D eigenvalue weighted by molar-refractivity contribution is 5.32. The van der Waals surface area contributed by atoms with Gasteiger partial charge in [0.15, 0.2) is 5.65 Å². The van der Waals surface area contributed by atoms with Gasteiger partial charge >= 0.3 is 0 Å². The van der Waals surface area contributed by atoms with Crippen molar-refractivity contribution < 1.29 is 0 Å². The summed E-state index contributed by atoms with van der Waals surface area (Å²) in [4.78, 5) is 7.85. The lowest BCUT2D eigenvalue weighted by Crippen LogP contribution is -1.81. The molecule has 1 radical (unpaired) electrons. The van der Waals surface area contributed by atoms with Gasteiger partial charge in [0.05, 0.1) is 18.6 Å². The van der Waals surface area contributed by atoms with Crippen LogP contribution in [0.5, 0.6) is 0 Å². The summed E-state index contributed by atoms with van der Waals surface area (Å²) in [6, 6.07) is 0. The number of hydrogen-bond donors (Lipinski definition) is 0. The van der Waals surface area contributed by atoms with E-state index in [2.05, 4.69) is 16.2 Å². The van der Waals surface area contributed by atoms with Gasteiger partial charge in [0.2, 0.25) is 0 Å². The van der Waals surface area contributed by atoms with Crippen LogP contribution in [0.2, 0.25) is 0 Å². The standard InChI is InChI=1S/C6H4N3/c1-3-9-4-2-8-6(9)5-7-1/h1-3,5H. The van der Waals surface area contributed by atoms with E-state index in [0.717, 1.165) is 5.65 Å². The molecule has 3 heteroatoms. The molecule has 0 saturated heterocycles. The molecular formula is C6H4N3. The Morgan fingerprint density at radius 3 is 3.44 bits per heavy atom. The second-order valence-corrected chi connectivity index (χ2v) is 1.69. The van der Waals surface area contributed by atoms with Gasteiger partial charge in [-0.2, -0.15) is 0 Å². The molecule has 2 heterocycles. The third-order valence-corrected chi connectivity index (χ3v) is 1.13. The molecular weight excluding hydrogens is 114 g/mol. The normalized spacial score (nSPS) is 10.2. The van der Waals surface area contributed by atoms with E-state index in [1.807, 2.05) is 6.20 Å². The summed E-state index contributed by atoms with van der Waals surface area (Å²) >= 11 is 0. The highest BCUT2D eigenvalue weighted by Crippen LogP contribution is 1.92. The van der Waals surface area contributed by atoms with Crippen molar-refractivity contribution in [3.8, 4) is 0 Å². The molecule has 0 fully saturated rings. The molecule has 0 amide bonds. The molecule has 3 nitrogen and oxygen atoms in total. The molecule has 43 valence electrons. The first kappa shape index (κ1) is 4.49. The number of rotatable bonds is 0. The molecule has 0 aromatic carbocycles. The molecule has 2 aromatic rings. The van der Waals surface area contributed by atoms with E-state index in [4.69, 9.17) is 0 Å². The van der Waals surface area contributed by atoms with Crippen molar-refractivity contribution in [2.75, 3.05) is 0 Å². The van der Waals surface area contributed by atoms with Gasteiger partial charge in [-0.3, -0.25) is 9.38 Å². The van der Waals surface area contributed by atoms with Crippen molar-refractivity contribution in [2.24, 2.45) is 0 Å². The van der Waals surface area contributed by atoms with Crippen LogP contribution in [0.4, 0.5) is 0 Å². The lowest BCUT2D eigenvalue weighted by atomic mass is 10.7. The smallest absolute Gasteiger partial charge is 0.155 e. The molecule has 0 saturated carbocycles. The molecule has 2 aromatic heterocycles. The Balaban J connectivity index is 2.95. The van der Waals surface area contributed by atoms with Crippen molar-refractivity contribution in [3.05, 3.63) is 31.0 Å². The fourth-order valence-corrected chi connectivity index (χ4v) is 0.715. The zero-order chi connectivity index (χ0) is 6.10. The first-order valence-corrected chi connectivity index (χ1v) is 2.61. The fourth-order valence-electron chi connectivity index (χ4n) is 0.715. The third kappa shape index (κ3) is 0.579. The zero-order valence-electron chi connectivity index (χ0n) is 4.65. The van der Waals surface area contributed by atoms with Crippen molar-refractivity contribution in [1.82, 2.24) is 14.4 Å². The van der Waals surface area contributed by atoms with Crippen LogP contribution in [-0.2, 0) is 0 Å². The molecule has 0 aliphatic carbocycles. The molecule has 9 heavy (non-hydrogen) atoms. The van der Waals surface area contributed by atoms with Crippen LogP contribution in [0.1, 0.15) is 0 Å². The quantitative estimate of drug-likeness (QED) is 0.505. The van der Waals surface area contributed by atoms with E-state index >= 15 is 0 Å². The minimum absolute atomic E-state index is 0.831. The van der Waals surface area contributed by atoms with Crippen molar-refractivity contribution in [1.29, 1.82) is 0 Å². The Kier molecular flexibility index (Phi) is 0.773. The van der Waals surface area contributed by atoms with Crippen molar-refractivity contribution >= 4 is 5.65 Å². The summed E-state index contributed by atoms with van der Waals surface area (Å²) in [6.07, 6.45) is 9.71. The SMILES string of the molecule is [c]1cnc2cnccn12. The predicted molar refractivity (Wildman–Crippen MR) is 31.8 cm³/mol. The van der Waals surface area contributed by atoms with Gasteiger partial charge in [0.25, 0.3) is 0 Å². The maximum Gasteiger partial charge on any atom is 0.155 e. The van der Waals surface area contributed by atoms with Gasteiger partial charge in [-0.1, -0.05) is 0 Å². The fraction of sp³-hybridized carbons (Fsp3) is 0. The molecule has 2 rings (SSSR count). The average molecular weight is 118 g/mol. The van der Waals surface area contributed by atoms with Gasteiger partial charge in [0.1, 0.15) is 0 Å². The molecule has 0 atom stereocenters. The highest BCUT2D eigenvalue weighted by Gasteiger charge is 1.87. The number of aromatic nitrogens is 3. The summed E-state index contributed by atoms with van der Waals surface area (Å²) in [5.74, 6) is 0. The monoisotopic (exact) mass is 118 g/mol. The first-order chi connectivity index (χ1) is 4.47. The number of nitrogens with zero attached hydrogens (tertiary/aromatic N) is 3. The molecule has 0 unspecified atom stereocenters. The maximum atomic E-state index is 3.96. The first-order valence-electron chi connectivity index (χ1n) is 2.61. The second-order valence-electron chi connectivity index (χ2n) is 1.69. The zero-order valence-corrected chi connectivity index (χ0v) is 4.65. The lowest BCUT2D eigenvalue weighted by molar-refractivity contribution is 1.12. The van der Waals surface area contributed by atoms with Gasteiger partial charge in [-0.15, -0.1) is 0 Å². The summed E-state index contributed by atoms with van der Waals surface area (Å²) in [7, 11) is 0. The van der Waals surface area contributed by atoms with E-state index in [0.29, 0.717) is 0 Å². The lowest BCUT2D eigenvalue weighted by Gasteiger charge is -1.85. The van der Waals surface area contributed by atoms with Crippen LogP contribution in [0, 0.1) is 6.20 Å². The summed E-state index contributed by atoms with van der Waals surface area (Å²) in [5, 5.41) is 0. The molecule has 0 bridgehead atoms. The Morgan fingerprint density at radius 2 is 2.56 bits per heavy atom. The van der Waals surface area contributed by atoms with E-state index in [9.17, 15) is 0 Å². The summed E-state index contributed by atoms with van der Waals surface area (Å²) in [5.41, 5.74) is 0.831. The minimum Gasteiger partial charge on any atom is -0.295 e. The van der Waals surface area contributed by atoms with E-state index in [1.165, 1.54) is 0 Å². The Morgan fingerprint density at radius 1 is 1.56 bits per heavy atom.